The van der Waals surface area contributed by atoms with Crippen molar-refractivity contribution >= 4 is 26.7 Å². The molecule has 0 saturated carbocycles. The lowest BCUT2D eigenvalue weighted by Gasteiger charge is -2.08. The Kier molecular flexibility index (Phi) is 3.81. The van der Waals surface area contributed by atoms with Crippen molar-refractivity contribution < 1.29 is 8.42 Å². The molecule has 0 spiro atoms. The van der Waals surface area contributed by atoms with Crippen molar-refractivity contribution in [3.63, 3.8) is 0 Å². The molecule has 114 valence electrons. The summed E-state index contributed by atoms with van der Waals surface area (Å²) < 4.78 is 24.5. The molecule has 0 unspecified atom stereocenters. The second-order valence-electron chi connectivity index (χ2n) is 5.02. The van der Waals surface area contributed by atoms with E-state index < -0.39 is 9.84 Å². The number of aryl methyl sites for hydroxylation is 1. The van der Waals surface area contributed by atoms with Gasteiger partial charge in [0.2, 0.25) is 0 Å². The van der Waals surface area contributed by atoms with Crippen LogP contribution in [0.25, 0.3) is 11.0 Å². The quantitative estimate of drug-likeness (QED) is 0.753. The van der Waals surface area contributed by atoms with E-state index in [2.05, 4.69) is 20.3 Å². The number of rotatable bonds is 5. The molecule has 0 aliphatic carbocycles. The lowest BCUT2D eigenvalue weighted by molar-refractivity contribution is 0.596. The molecule has 2 heterocycles. The van der Waals surface area contributed by atoms with Gasteiger partial charge in [0.25, 0.3) is 0 Å². The fraction of sp³-hybridized carbons (Fsp3) is 0.200. The predicted octanol–water partition coefficient (Wildman–Crippen LogP) is 2.15. The Labute approximate surface area is 128 Å². The van der Waals surface area contributed by atoms with E-state index in [9.17, 15) is 8.42 Å². The summed E-state index contributed by atoms with van der Waals surface area (Å²) in [5.41, 5.74) is 1.76. The fourth-order valence-corrected chi connectivity index (χ4v) is 3.34. The maximum atomic E-state index is 12.3. The van der Waals surface area contributed by atoms with Crippen molar-refractivity contribution in [2.24, 2.45) is 0 Å². The van der Waals surface area contributed by atoms with E-state index >= 15 is 0 Å². The van der Waals surface area contributed by atoms with Gasteiger partial charge in [-0.3, -0.25) is 0 Å². The number of aromatic nitrogens is 3. The van der Waals surface area contributed by atoms with Gasteiger partial charge in [0, 0.05) is 12.7 Å². The van der Waals surface area contributed by atoms with Gasteiger partial charge in [-0.05, 0) is 25.1 Å². The normalized spacial score (nSPS) is 11.7. The standard InChI is InChI=1S/C15H16N4O2S/c1-11-2-4-12(5-3-11)22(20,21)9-8-17-15-13-6-7-16-14(13)18-10-19-15/h2-7,10H,8-9H2,1H3,(H2,16,17,18,19). The largest absolute Gasteiger partial charge is 0.368 e. The van der Waals surface area contributed by atoms with Crippen LogP contribution >= 0.6 is 0 Å². The molecule has 22 heavy (non-hydrogen) atoms. The summed E-state index contributed by atoms with van der Waals surface area (Å²) >= 11 is 0. The zero-order valence-corrected chi connectivity index (χ0v) is 12.9. The maximum absolute atomic E-state index is 12.3. The molecule has 0 bridgehead atoms. The minimum Gasteiger partial charge on any atom is -0.368 e. The number of anilines is 1. The van der Waals surface area contributed by atoms with E-state index in [0.29, 0.717) is 10.7 Å². The Hall–Kier alpha value is -2.41. The number of hydrogen-bond acceptors (Lipinski definition) is 5. The summed E-state index contributed by atoms with van der Waals surface area (Å²) in [5.74, 6) is 0.636. The van der Waals surface area contributed by atoms with Crippen LogP contribution < -0.4 is 5.32 Å². The van der Waals surface area contributed by atoms with Gasteiger partial charge in [-0.15, -0.1) is 0 Å². The summed E-state index contributed by atoms with van der Waals surface area (Å²) in [6.07, 6.45) is 3.21. The molecule has 1 aromatic carbocycles. The van der Waals surface area contributed by atoms with Crippen molar-refractivity contribution in [3.8, 4) is 0 Å². The molecular weight excluding hydrogens is 300 g/mol. The van der Waals surface area contributed by atoms with Gasteiger partial charge in [-0.1, -0.05) is 17.7 Å². The van der Waals surface area contributed by atoms with Crippen LogP contribution in [0.15, 0.2) is 47.8 Å². The van der Waals surface area contributed by atoms with Crippen molar-refractivity contribution in [2.75, 3.05) is 17.6 Å². The number of H-pyrrole nitrogens is 1. The molecule has 6 nitrogen and oxygen atoms in total. The fourth-order valence-electron chi connectivity index (χ4n) is 2.18. The molecule has 0 aliphatic heterocycles. The summed E-state index contributed by atoms with van der Waals surface area (Å²) in [4.78, 5) is 11.6. The van der Waals surface area contributed by atoms with Gasteiger partial charge in [0.15, 0.2) is 9.84 Å². The SMILES string of the molecule is Cc1ccc(S(=O)(=O)CCNc2ncnc3[nH]ccc23)cc1. The number of fused-ring (bicyclic) bond motifs is 1. The average Bonchev–Trinajstić information content (AvgIpc) is 2.97. The summed E-state index contributed by atoms with van der Waals surface area (Å²) in [5, 5.41) is 3.90. The minimum absolute atomic E-state index is 0.00593. The highest BCUT2D eigenvalue weighted by molar-refractivity contribution is 7.91. The van der Waals surface area contributed by atoms with Gasteiger partial charge in [0.05, 0.1) is 16.0 Å². The van der Waals surface area contributed by atoms with Crippen LogP contribution in [0.3, 0.4) is 0 Å². The average molecular weight is 316 g/mol. The van der Waals surface area contributed by atoms with E-state index in [1.807, 2.05) is 13.0 Å². The zero-order chi connectivity index (χ0) is 15.6. The topological polar surface area (TPSA) is 87.7 Å². The first kappa shape index (κ1) is 14.5. The van der Waals surface area contributed by atoms with Gasteiger partial charge >= 0.3 is 0 Å². The second-order valence-corrected chi connectivity index (χ2v) is 7.13. The van der Waals surface area contributed by atoms with Crippen LogP contribution in [-0.2, 0) is 9.84 Å². The Morgan fingerprint density at radius 1 is 1.14 bits per heavy atom. The van der Waals surface area contributed by atoms with Gasteiger partial charge < -0.3 is 10.3 Å². The van der Waals surface area contributed by atoms with E-state index in [1.165, 1.54) is 6.33 Å². The highest BCUT2D eigenvalue weighted by Crippen LogP contribution is 2.17. The highest BCUT2D eigenvalue weighted by Gasteiger charge is 2.14. The number of sulfone groups is 1. The molecule has 0 saturated heterocycles. The van der Waals surface area contributed by atoms with Crippen molar-refractivity contribution in [1.82, 2.24) is 15.0 Å². The van der Waals surface area contributed by atoms with Crippen LogP contribution in [0.4, 0.5) is 5.82 Å². The van der Waals surface area contributed by atoms with Gasteiger partial charge in [-0.25, -0.2) is 18.4 Å². The Balaban J connectivity index is 1.70. The first-order valence-electron chi connectivity index (χ1n) is 6.88. The van der Waals surface area contributed by atoms with Crippen LogP contribution in [0, 0.1) is 6.92 Å². The zero-order valence-electron chi connectivity index (χ0n) is 12.1. The Morgan fingerprint density at radius 3 is 2.68 bits per heavy atom. The summed E-state index contributed by atoms with van der Waals surface area (Å²) in [6.45, 7) is 2.21. The second kappa shape index (κ2) is 5.76. The molecule has 0 atom stereocenters. The molecule has 2 aromatic heterocycles. The lowest BCUT2D eigenvalue weighted by atomic mass is 10.2. The van der Waals surface area contributed by atoms with Crippen molar-refractivity contribution in [1.29, 1.82) is 0 Å². The number of nitrogens with one attached hydrogen (secondary N) is 2. The summed E-state index contributed by atoms with van der Waals surface area (Å²) in [6, 6.07) is 8.73. The monoisotopic (exact) mass is 316 g/mol. The molecule has 3 aromatic rings. The molecule has 0 radical (unpaired) electrons. The Morgan fingerprint density at radius 2 is 1.91 bits per heavy atom. The van der Waals surface area contributed by atoms with Crippen LogP contribution in [0.2, 0.25) is 0 Å². The molecule has 7 heteroatoms. The van der Waals surface area contributed by atoms with Crippen molar-refractivity contribution in [2.45, 2.75) is 11.8 Å². The van der Waals surface area contributed by atoms with E-state index in [1.54, 1.807) is 30.5 Å². The van der Waals surface area contributed by atoms with Crippen LogP contribution in [0.1, 0.15) is 5.56 Å². The first-order chi connectivity index (χ1) is 10.6. The first-order valence-corrected chi connectivity index (χ1v) is 8.53. The molecule has 0 aliphatic rings. The van der Waals surface area contributed by atoms with Gasteiger partial charge in [0.1, 0.15) is 17.8 Å². The van der Waals surface area contributed by atoms with E-state index in [4.69, 9.17) is 0 Å². The van der Waals surface area contributed by atoms with E-state index in [-0.39, 0.29) is 12.3 Å². The number of hydrogen-bond donors (Lipinski definition) is 2. The molecule has 0 fully saturated rings. The molecule has 2 N–H and O–H groups in total. The minimum atomic E-state index is -3.30. The van der Waals surface area contributed by atoms with Crippen LogP contribution in [-0.4, -0.2) is 35.7 Å². The third kappa shape index (κ3) is 2.94. The van der Waals surface area contributed by atoms with E-state index in [0.717, 1.165) is 16.6 Å². The number of nitrogens with zero attached hydrogens (tertiary/aromatic N) is 2. The highest BCUT2D eigenvalue weighted by atomic mass is 32.2. The molecule has 0 amide bonds. The molecule has 3 rings (SSSR count). The van der Waals surface area contributed by atoms with Crippen LogP contribution in [0.5, 0.6) is 0 Å². The molecular formula is C15H16N4O2S. The Bertz CT molecular complexity index is 885. The van der Waals surface area contributed by atoms with Crippen molar-refractivity contribution in [3.05, 3.63) is 48.4 Å². The summed E-state index contributed by atoms with van der Waals surface area (Å²) in [7, 11) is -3.30. The smallest absolute Gasteiger partial charge is 0.180 e. The number of benzene rings is 1. The third-order valence-electron chi connectivity index (χ3n) is 3.40. The number of aromatic amines is 1. The third-order valence-corrected chi connectivity index (χ3v) is 5.13. The van der Waals surface area contributed by atoms with Gasteiger partial charge in [-0.2, -0.15) is 0 Å². The predicted molar refractivity (Wildman–Crippen MR) is 85.6 cm³/mol. The maximum Gasteiger partial charge on any atom is 0.180 e. The lowest BCUT2D eigenvalue weighted by Crippen LogP contribution is -2.16.